The summed E-state index contributed by atoms with van der Waals surface area (Å²) in [5.74, 6) is -3.57. The van der Waals surface area contributed by atoms with Crippen molar-refractivity contribution in [3.63, 3.8) is 0 Å². The summed E-state index contributed by atoms with van der Waals surface area (Å²) in [6, 6.07) is 9.65. The van der Waals surface area contributed by atoms with Gasteiger partial charge in [0.1, 0.15) is 5.82 Å². The van der Waals surface area contributed by atoms with E-state index in [0.29, 0.717) is 16.3 Å². The van der Waals surface area contributed by atoms with Crippen molar-refractivity contribution in [2.75, 3.05) is 25.1 Å². The number of esters is 1. The molecule has 7 nitrogen and oxygen atoms in total. The molecule has 152 valence electrons. The summed E-state index contributed by atoms with van der Waals surface area (Å²) in [5.41, 5.74) is -1.40. The molecule has 0 spiro atoms. The average Bonchev–Trinajstić information content (AvgIpc) is 2.88. The predicted molar refractivity (Wildman–Crippen MR) is 104 cm³/mol. The van der Waals surface area contributed by atoms with Gasteiger partial charge in [0.25, 0.3) is 0 Å². The van der Waals surface area contributed by atoms with Crippen LogP contribution in [0.15, 0.2) is 42.5 Å². The Labute approximate surface area is 171 Å². The van der Waals surface area contributed by atoms with Gasteiger partial charge in [-0.3, -0.25) is 19.7 Å². The molecule has 0 fully saturated rings. The molecule has 2 aromatic carbocycles. The average molecular weight is 421 g/mol. The first-order chi connectivity index (χ1) is 13.7. The van der Waals surface area contributed by atoms with E-state index >= 15 is 0 Å². The molecule has 1 amide bonds. The zero-order valence-corrected chi connectivity index (χ0v) is 16.5. The first-order valence-electron chi connectivity index (χ1n) is 8.86. The fourth-order valence-corrected chi connectivity index (χ4v) is 3.99. The van der Waals surface area contributed by atoms with E-state index in [9.17, 15) is 24.1 Å². The van der Waals surface area contributed by atoms with Crippen molar-refractivity contribution >= 4 is 29.2 Å². The molecule has 0 saturated heterocycles. The van der Waals surface area contributed by atoms with Crippen molar-refractivity contribution in [1.29, 1.82) is 0 Å². The molecule has 0 unspecified atom stereocenters. The standard InChI is InChI=1S/C20H18ClFN2O5/c1-3-29-19(26)20(15-10-14(22)8-9-17(15)23(2)18(20)25)16(11-24(27)28)12-4-6-13(21)7-5-12/h4-10,16H,3,11H2,1-2H3/t16-,20-/m1/s1. The Morgan fingerprint density at radius 2 is 1.97 bits per heavy atom. The number of hydrogen-bond donors (Lipinski definition) is 0. The SMILES string of the molecule is CCOC(=O)[C@]1([C@H](C[N+](=O)[O-])c2ccc(Cl)cc2)C(=O)N(C)c2ccc(F)cc21. The quantitative estimate of drug-likeness (QED) is 0.309. The topological polar surface area (TPSA) is 89.7 Å². The van der Waals surface area contributed by atoms with E-state index in [4.69, 9.17) is 16.3 Å². The number of fused-ring (bicyclic) bond motifs is 1. The van der Waals surface area contributed by atoms with Gasteiger partial charge in [-0.25, -0.2) is 4.39 Å². The number of carbonyl (C=O) groups is 2. The highest BCUT2D eigenvalue weighted by atomic mass is 35.5. The summed E-state index contributed by atoms with van der Waals surface area (Å²) in [6.45, 7) is 0.774. The molecular formula is C20H18ClFN2O5. The number of anilines is 1. The number of rotatable bonds is 6. The first kappa shape index (κ1) is 20.7. The molecule has 0 N–H and O–H groups in total. The molecule has 3 rings (SSSR count). The summed E-state index contributed by atoms with van der Waals surface area (Å²) in [4.78, 5) is 38.8. The fourth-order valence-electron chi connectivity index (χ4n) is 3.86. The van der Waals surface area contributed by atoms with Crippen LogP contribution >= 0.6 is 11.6 Å². The lowest BCUT2D eigenvalue weighted by molar-refractivity contribution is -0.484. The van der Waals surface area contributed by atoms with Crippen molar-refractivity contribution in [2.45, 2.75) is 18.3 Å². The van der Waals surface area contributed by atoms with Crippen molar-refractivity contribution in [2.24, 2.45) is 0 Å². The molecule has 0 bridgehead atoms. The van der Waals surface area contributed by atoms with Gasteiger partial charge < -0.3 is 9.64 Å². The van der Waals surface area contributed by atoms with Gasteiger partial charge in [0.15, 0.2) is 5.41 Å². The molecule has 0 saturated carbocycles. The van der Waals surface area contributed by atoms with Gasteiger partial charge in [-0.1, -0.05) is 23.7 Å². The Hall–Kier alpha value is -3.00. The third-order valence-corrected chi connectivity index (χ3v) is 5.36. The summed E-state index contributed by atoms with van der Waals surface area (Å²) in [7, 11) is 1.44. The van der Waals surface area contributed by atoms with E-state index in [1.54, 1.807) is 6.92 Å². The maximum atomic E-state index is 14.2. The minimum atomic E-state index is -2.09. The number of nitrogens with zero attached hydrogens (tertiary/aromatic N) is 2. The van der Waals surface area contributed by atoms with Gasteiger partial charge in [-0.15, -0.1) is 0 Å². The third kappa shape index (κ3) is 3.33. The lowest BCUT2D eigenvalue weighted by Gasteiger charge is -2.32. The zero-order chi connectivity index (χ0) is 21.3. The van der Waals surface area contributed by atoms with Gasteiger partial charge >= 0.3 is 5.97 Å². The number of benzene rings is 2. The summed E-state index contributed by atoms with van der Waals surface area (Å²) < 4.78 is 19.4. The number of likely N-dealkylation sites (N-methyl/N-ethyl adjacent to an activating group) is 1. The normalized spacial score (nSPS) is 19.0. The number of halogens is 2. The van der Waals surface area contributed by atoms with E-state index in [-0.39, 0.29) is 12.2 Å². The van der Waals surface area contributed by atoms with Gasteiger partial charge in [-0.2, -0.15) is 0 Å². The van der Waals surface area contributed by atoms with Gasteiger partial charge in [-0.05, 0) is 42.8 Å². The van der Waals surface area contributed by atoms with E-state index in [1.165, 1.54) is 42.3 Å². The fraction of sp³-hybridized carbons (Fsp3) is 0.300. The molecule has 0 aromatic heterocycles. The van der Waals surface area contributed by atoms with Crippen molar-refractivity contribution < 1.29 is 23.6 Å². The maximum absolute atomic E-state index is 14.2. The molecule has 0 radical (unpaired) electrons. The molecule has 0 aliphatic carbocycles. The second kappa shape index (κ2) is 7.79. The zero-order valence-electron chi connectivity index (χ0n) is 15.7. The number of carbonyl (C=O) groups excluding carboxylic acids is 2. The maximum Gasteiger partial charge on any atom is 0.327 e. The Kier molecular flexibility index (Phi) is 5.57. The van der Waals surface area contributed by atoms with Crippen LogP contribution in [-0.4, -0.2) is 37.0 Å². The Morgan fingerprint density at radius 1 is 1.31 bits per heavy atom. The Bertz CT molecular complexity index is 981. The van der Waals surface area contributed by atoms with Crippen molar-refractivity contribution in [1.82, 2.24) is 0 Å². The van der Waals surface area contributed by atoms with Crippen LogP contribution in [0.2, 0.25) is 5.02 Å². The molecule has 29 heavy (non-hydrogen) atoms. The van der Waals surface area contributed by atoms with Crippen LogP contribution in [0.3, 0.4) is 0 Å². The second-order valence-corrected chi connectivity index (χ2v) is 7.11. The van der Waals surface area contributed by atoms with Gasteiger partial charge in [0, 0.05) is 28.2 Å². The van der Waals surface area contributed by atoms with Crippen LogP contribution < -0.4 is 4.90 Å². The molecule has 2 aromatic rings. The van der Waals surface area contributed by atoms with E-state index in [0.717, 1.165) is 12.1 Å². The molecule has 2 atom stereocenters. The smallest absolute Gasteiger partial charge is 0.327 e. The lowest BCUT2D eigenvalue weighted by Crippen LogP contribution is -2.52. The van der Waals surface area contributed by atoms with Gasteiger partial charge in [0.05, 0.1) is 12.5 Å². The van der Waals surface area contributed by atoms with E-state index < -0.39 is 40.5 Å². The molecule has 1 aliphatic rings. The summed E-state index contributed by atoms with van der Waals surface area (Å²) in [5, 5.41) is 11.9. The number of nitro groups is 1. The third-order valence-electron chi connectivity index (χ3n) is 5.11. The summed E-state index contributed by atoms with van der Waals surface area (Å²) >= 11 is 5.93. The van der Waals surface area contributed by atoms with Crippen LogP contribution in [-0.2, 0) is 19.7 Å². The Morgan fingerprint density at radius 3 is 2.55 bits per heavy atom. The van der Waals surface area contributed by atoms with Crippen LogP contribution in [0.1, 0.15) is 24.0 Å². The molecule has 9 heteroatoms. The predicted octanol–water partition coefficient (Wildman–Crippen LogP) is 3.32. The highest BCUT2D eigenvalue weighted by molar-refractivity contribution is 6.30. The summed E-state index contributed by atoms with van der Waals surface area (Å²) in [6.07, 6.45) is 0. The molecular weight excluding hydrogens is 403 g/mol. The van der Waals surface area contributed by atoms with Gasteiger partial charge in [0.2, 0.25) is 12.5 Å². The largest absolute Gasteiger partial charge is 0.465 e. The highest BCUT2D eigenvalue weighted by Gasteiger charge is 2.63. The lowest BCUT2D eigenvalue weighted by atomic mass is 9.68. The minimum Gasteiger partial charge on any atom is -0.465 e. The molecule has 1 aliphatic heterocycles. The van der Waals surface area contributed by atoms with E-state index in [1.807, 2.05) is 0 Å². The number of hydrogen-bond acceptors (Lipinski definition) is 5. The monoisotopic (exact) mass is 420 g/mol. The minimum absolute atomic E-state index is 0.0465. The second-order valence-electron chi connectivity index (χ2n) is 6.67. The van der Waals surface area contributed by atoms with Crippen LogP contribution in [0.5, 0.6) is 0 Å². The Balaban J connectivity index is 2.35. The van der Waals surface area contributed by atoms with Crippen LogP contribution in [0, 0.1) is 15.9 Å². The molecule has 1 heterocycles. The van der Waals surface area contributed by atoms with Crippen molar-refractivity contribution in [3.8, 4) is 0 Å². The van der Waals surface area contributed by atoms with Crippen LogP contribution in [0.25, 0.3) is 0 Å². The van der Waals surface area contributed by atoms with Crippen molar-refractivity contribution in [3.05, 3.63) is 74.5 Å². The first-order valence-corrected chi connectivity index (χ1v) is 9.23. The number of amides is 1. The van der Waals surface area contributed by atoms with Crippen LogP contribution in [0.4, 0.5) is 10.1 Å². The van der Waals surface area contributed by atoms with E-state index in [2.05, 4.69) is 0 Å². The highest BCUT2D eigenvalue weighted by Crippen LogP contribution is 2.50. The number of ether oxygens (including phenoxy) is 1.